The van der Waals surface area contributed by atoms with E-state index in [1.54, 1.807) is 7.05 Å². The van der Waals surface area contributed by atoms with Crippen LogP contribution in [-0.4, -0.2) is 27.2 Å². The minimum Gasteiger partial charge on any atom is -0.352 e. The second kappa shape index (κ2) is 6.37. The number of carbonyl (C=O) groups is 1. The first-order valence-corrected chi connectivity index (χ1v) is 8.62. The summed E-state index contributed by atoms with van der Waals surface area (Å²) in [6.07, 6.45) is -0.839. The first-order chi connectivity index (χ1) is 12.8. The number of halogens is 3. The van der Waals surface area contributed by atoms with Crippen molar-refractivity contribution in [3.05, 3.63) is 47.7 Å². The van der Waals surface area contributed by atoms with Crippen LogP contribution in [0.1, 0.15) is 28.8 Å². The molecular weight excluding hydrogens is 357 g/mol. The molecule has 0 bridgehead atoms. The third-order valence-corrected chi connectivity index (χ3v) is 4.71. The smallest absolute Gasteiger partial charge is 0.352 e. The van der Waals surface area contributed by atoms with Crippen LogP contribution in [0, 0.1) is 5.92 Å². The molecule has 1 aliphatic rings. The zero-order valence-corrected chi connectivity index (χ0v) is 14.5. The molecule has 1 aliphatic carbocycles. The molecule has 0 saturated heterocycles. The summed E-state index contributed by atoms with van der Waals surface area (Å²) in [6.45, 7) is 0.567. The Morgan fingerprint density at radius 1 is 1.30 bits per heavy atom. The van der Waals surface area contributed by atoms with Gasteiger partial charge in [-0.05, 0) is 30.9 Å². The van der Waals surface area contributed by atoms with Gasteiger partial charge in [-0.3, -0.25) is 9.48 Å². The van der Waals surface area contributed by atoms with E-state index in [0.29, 0.717) is 23.5 Å². The Kier molecular flexibility index (Phi) is 4.13. The van der Waals surface area contributed by atoms with Gasteiger partial charge in [-0.2, -0.15) is 18.3 Å². The number of amides is 1. The Morgan fingerprint density at radius 3 is 2.74 bits per heavy atom. The van der Waals surface area contributed by atoms with Crippen molar-refractivity contribution >= 4 is 16.9 Å². The van der Waals surface area contributed by atoms with Crippen LogP contribution in [0.4, 0.5) is 13.2 Å². The monoisotopic (exact) mass is 374 g/mol. The molecule has 8 heteroatoms. The predicted molar refractivity (Wildman–Crippen MR) is 94.0 cm³/mol. The summed E-state index contributed by atoms with van der Waals surface area (Å²) < 4.78 is 41.7. The van der Waals surface area contributed by atoms with Gasteiger partial charge in [0, 0.05) is 19.2 Å². The highest BCUT2D eigenvalue weighted by Crippen LogP contribution is 2.37. The summed E-state index contributed by atoms with van der Waals surface area (Å²) in [4.78, 5) is 17.0. The van der Waals surface area contributed by atoms with E-state index in [4.69, 9.17) is 0 Å². The molecule has 0 spiro atoms. The van der Waals surface area contributed by atoms with Crippen molar-refractivity contribution in [3.8, 4) is 11.3 Å². The first kappa shape index (κ1) is 17.5. The molecular formula is C19H17F3N4O. The second-order valence-electron chi connectivity index (χ2n) is 6.76. The molecule has 4 rings (SSSR count). The lowest BCUT2D eigenvalue weighted by atomic mass is 10.0. The molecule has 3 aromatic rings. The zero-order valence-electron chi connectivity index (χ0n) is 14.5. The fraction of sp³-hybridized carbons (Fsp3) is 0.316. The molecule has 1 aromatic carbocycles. The fourth-order valence-corrected chi connectivity index (χ4v) is 3.05. The Balaban J connectivity index is 1.85. The van der Waals surface area contributed by atoms with Crippen molar-refractivity contribution in [1.29, 1.82) is 0 Å². The molecule has 0 atom stereocenters. The van der Waals surface area contributed by atoms with Crippen LogP contribution in [0.25, 0.3) is 22.3 Å². The van der Waals surface area contributed by atoms with Crippen molar-refractivity contribution in [2.75, 3.05) is 6.54 Å². The number of aryl methyl sites for hydroxylation is 1. The van der Waals surface area contributed by atoms with Gasteiger partial charge in [0.05, 0.1) is 28.4 Å². The minimum absolute atomic E-state index is 0.0654. The molecule has 140 valence electrons. The second-order valence-corrected chi connectivity index (χ2v) is 6.76. The van der Waals surface area contributed by atoms with E-state index in [1.165, 1.54) is 35.1 Å². The zero-order chi connectivity index (χ0) is 19.2. The lowest BCUT2D eigenvalue weighted by molar-refractivity contribution is -0.137. The van der Waals surface area contributed by atoms with Crippen molar-refractivity contribution < 1.29 is 18.0 Å². The number of rotatable bonds is 4. The maximum absolute atomic E-state index is 13.4. The van der Waals surface area contributed by atoms with Crippen LogP contribution in [0.15, 0.2) is 36.5 Å². The van der Waals surface area contributed by atoms with Gasteiger partial charge in [0.2, 0.25) is 0 Å². The van der Waals surface area contributed by atoms with Gasteiger partial charge in [0.1, 0.15) is 0 Å². The van der Waals surface area contributed by atoms with E-state index < -0.39 is 11.7 Å². The van der Waals surface area contributed by atoms with Gasteiger partial charge in [-0.15, -0.1) is 0 Å². The Bertz CT molecular complexity index is 1020. The summed E-state index contributed by atoms with van der Waals surface area (Å²) in [7, 11) is 1.64. The van der Waals surface area contributed by atoms with Gasteiger partial charge in [-0.25, -0.2) is 4.98 Å². The average Bonchev–Trinajstić information content (AvgIpc) is 3.40. The molecule has 0 aliphatic heterocycles. The molecule has 1 saturated carbocycles. The van der Waals surface area contributed by atoms with Crippen LogP contribution >= 0.6 is 0 Å². The number of alkyl halides is 3. The molecule has 0 unspecified atom stereocenters. The highest BCUT2D eigenvalue weighted by molar-refractivity contribution is 6.06. The van der Waals surface area contributed by atoms with Gasteiger partial charge < -0.3 is 5.32 Å². The number of hydrogen-bond acceptors (Lipinski definition) is 3. The van der Waals surface area contributed by atoms with E-state index >= 15 is 0 Å². The number of nitrogens with zero attached hydrogens (tertiary/aromatic N) is 3. The van der Waals surface area contributed by atoms with Gasteiger partial charge >= 0.3 is 6.18 Å². The molecule has 0 radical (unpaired) electrons. The normalized spacial score (nSPS) is 14.5. The molecule has 1 N–H and O–H groups in total. The van der Waals surface area contributed by atoms with Gasteiger partial charge in [0.15, 0.2) is 5.65 Å². The van der Waals surface area contributed by atoms with Crippen LogP contribution in [0.5, 0.6) is 0 Å². The Labute approximate surface area is 153 Å². The molecule has 2 heterocycles. The standard InChI is InChI=1S/C19H17F3N4O/c1-26-17-14(10-24-26)13(18(27)23-9-11-6-7-11)8-16(25-17)12-4-2-3-5-15(12)19(20,21)22/h2-5,8,10-11H,6-7,9H2,1H3,(H,23,27). The van der Waals surface area contributed by atoms with Gasteiger partial charge in [0.25, 0.3) is 5.91 Å². The Hall–Kier alpha value is -2.90. The fourth-order valence-electron chi connectivity index (χ4n) is 3.05. The molecule has 27 heavy (non-hydrogen) atoms. The van der Waals surface area contributed by atoms with E-state index in [2.05, 4.69) is 15.4 Å². The number of nitrogens with one attached hydrogen (secondary N) is 1. The Morgan fingerprint density at radius 2 is 2.04 bits per heavy atom. The molecule has 2 aromatic heterocycles. The number of hydrogen-bond donors (Lipinski definition) is 1. The third kappa shape index (κ3) is 3.39. The van der Waals surface area contributed by atoms with Crippen molar-refractivity contribution in [2.24, 2.45) is 13.0 Å². The van der Waals surface area contributed by atoms with Crippen LogP contribution in [-0.2, 0) is 13.2 Å². The van der Waals surface area contributed by atoms with Crippen LogP contribution < -0.4 is 5.32 Å². The number of carbonyl (C=O) groups excluding carboxylic acids is 1. The topological polar surface area (TPSA) is 59.8 Å². The highest BCUT2D eigenvalue weighted by Gasteiger charge is 2.34. The van der Waals surface area contributed by atoms with Crippen molar-refractivity contribution in [2.45, 2.75) is 19.0 Å². The van der Waals surface area contributed by atoms with Crippen LogP contribution in [0.2, 0.25) is 0 Å². The summed E-state index contributed by atoms with van der Waals surface area (Å²) in [6, 6.07) is 6.64. The summed E-state index contributed by atoms with van der Waals surface area (Å²) >= 11 is 0. The summed E-state index contributed by atoms with van der Waals surface area (Å²) in [5, 5.41) is 7.48. The largest absolute Gasteiger partial charge is 0.417 e. The maximum atomic E-state index is 13.4. The molecule has 1 fully saturated rings. The predicted octanol–water partition coefficient (Wildman–Crippen LogP) is 3.79. The number of fused-ring (bicyclic) bond motifs is 1. The minimum atomic E-state index is -4.52. The average molecular weight is 374 g/mol. The number of pyridine rings is 1. The maximum Gasteiger partial charge on any atom is 0.417 e. The van der Waals surface area contributed by atoms with Gasteiger partial charge in [-0.1, -0.05) is 18.2 Å². The SMILES string of the molecule is Cn1ncc2c(C(=O)NCC3CC3)cc(-c3ccccc3C(F)(F)F)nc21. The molecule has 5 nitrogen and oxygen atoms in total. The molecule has 1 amide bonds. The van der Waals surface area contributed by atoms with E-state index in [0.717, 1.165) is 18.9 Å². The third-order valence-electron chi connectivity index (χ3n) is 4.71. The van der Waals surface area contributed by atoms with E-state index in [1.807, 2.05) is 0 Å². The van der Waals surface area contributed by atoms with E-state index in [9.17, 15) is 18.0 Å². The van der Waals surface area contributed by atoms with Crippen LogP contribution in [0.3, 0.4) is 0 Å². The lowest BCUT2D eigenvalue weighted by Crippen LogP contribution is -2.25. The highest BCUT2D eigenvalue weighted by atomic mass is 19.4. The quantitative estimate of drug-likeness (QED) is 0.756. The number of aromatic nitrogens is 3. The summed E-state index contributed by atoms with van der Waals surface area (Å²) in [5.41, 5.74) is -0.120. The summed E-state index contributed by atoms with van der Waals surface area (Å²) in [5.74, 6) is 0.165. The van der Waals surface area contributed by atoms with Crippen molar-refractivity contribution in [3.63, 3.8) is 0 Å². The number of benzene rings is 1. The first-order valence-electron chi connectivity index (χ1n) is 8.62. The van der Waals surface area contributed by atoms with E-state index in [-0.39, 0.29) is 22.7 Å². The van der Waals surface area contributed by atoms with Crippen molar-refractivity contribution in [1.82, 2.24) is 20.1 Å². The lowest BCUT2D eigenvalue weighted by Gasteiger charge is -2.14.